The van der Waals surface area contributed by atoms with Gasteiger partial charge in [-0.15, -0.1) is 0 Å². The monoisotopic (exact) mass is 249 g/mol. The second-order valence-corrected chi connectivity index (χ2v) is 4.35. The van der Waals surface area contributed by atoms with E-state index < -0.39 is 11.9 Å². The molecule has 96 valence electrons. The van der Waals surface area contributed by atoms with Gasteiger partial charge in [-0.1, -0.05) is 6.07 Å². The first-order valence-electron chi connectivity index (χ1n) is 5.85. The van der Waals surface area contributed by atoms with E-state index >= 15 is 0 Å². The molecule has 0 radical (unpaired) electrons. The maximum atomic E-state index is 12.0. The number of rotatable bonds is 3. The Morgan fingerprint density at radius 1 is 1.50 bits per heavy atom. The Kier molecular flexibility index (Phi) is 3.45. The maximum absolute atomic E-state index is 12.0. The predicted octanol–water partition coefficient (Wildman–Crippen LogP) is -0.606. The van der Waals surface area contributed by atoms with Gasteiger partial charge < -0.3 is 15.6 Å². The third-order valence-corrected chi connectivity index (χ3v) is 3.14. The lowest BCUT2D eigenvalue weighted by molar-refractivity contribution is -0.136. The molecule has 0 saturated carbocycles. The SMILES string of the molecule is NC(=O)C1CCCN1C(=O)Cc1ccc[nH]c1=O. The van der Waals surface area contributed by atoms with Gasteiger partial charge in [0.1, 0.15) is 6.04 Å². The Morgan fingerprint density at radius 3 is 2.94 bits per heavy atom. The molecule has 1 unspecified atom stereocenters. The van der Waals surface area contributed by atoms with E-state index in [-0.39, 0.29) is 17.9 Å². The smallest absolute Gasteiger partial charge is 0.251 e. The van der Waals surface area contributed by atoms with E-state index in [2.05, 4.69) is 4.98 Å². The Hall–Kier alpha value is -2.11. The average Bonchev–Trinajstić information content (AvgIpc) is 2.81. The van der Waals surface area contributed by atoms with Crippen LogP contribution in [0.5, 0.6) is 0 Å². The number of amides is 2. The molecule has 0 aromatic carbocycles. The van der Waals surface area contributed by atoms with Crippen LogP contribution in [0.15, 0.2) is 23.1 Å². The zero-order valence-electron chi connectivity index (χ0n) is 9.89. The summed E-state index contributed by atoms with van der Waals surface area (Å²) in [5.41, 5.74) is 5.37. The fraction of sp³-hybridized carbons (Fsp3) is 0.417. The number of hydrogen-bond donors (Lipinski definition) is 2. The number of nitrogens with zero attached hydrogens (tertiary/aromatic N) is 1. The summed E-state index contributed by atoms with van der Waals surface area (Å²) < 4.78 is 0. The van der Waals surface area contributed by atoms with Gasteiger partial charge in [0.2, 0.25) is 11.8 Å². The van der Waals surface area contributed by atoms with Crippen LogP contribution in [0.1, 0.15) is 18.4 Å². The zero-order chi connectivity index (χ0) is 13.1. The van der Waals surface area contributed by atoms with Gasteiger partial charge in [-0.05, 0) is 18.9 Å². The van der Waals surface area contributed by atoms with Crippen molar-refractivity contribution in [2.24, 2.45) is 5.73 Å². The van der Waals surface area contributed by atoms with Crippen molar-refractivity contribution in [3.05, 3.63) is 34.2 Å². The minimum absolute atomic E-state index is 0.0000463. The summed E-state index contributed by atoms with van der Waals surface area (Å²) in [6, 6.07) is 2.74. The molecule has 0 spiro atoms. The van der Waals surface area contributed by atoms with Crippen LogP contribution in [0.4, 0.5) is 0 Å². The molecular weight excluding hydrogens is 234 g/mol. The quantitative estimate of drug-likeness (QED) is 0.748. The van der Waals surface area contributed by atoms with Gasteiger partial charge in [0.05, 0.1) is 6.42 Å². The van der Waals surface area contributed by atoms with E-state index in [0.717, 1.165) is 6.42 Å². The molecule has 2 heterocycles. The minimum Gasteiger partial charge on any atom is -0.368 e. The number of carbonyl (C=O) groups is 2. The summed E-state index contributed by atoms with van der Waals surface area (Å²) >= 11 is 0. The molecule has 2 amide bonds. The number of aromatic amines is 1. The van der Waals surface area contributed by atoms with Crippen molar-refractivity contribution in [3.8, 4) is 0 Å². The first kappa shape index (κ1) is 12.3. The Morgan fingerprint density at radius 2 is 2.28 bits per heavy atom. The lowest BCUT2D eigenvalue weighted by atomic mass is 10.1. The summed E-state index contributed by atoms with van der Waals surface area (Å²) in [4.78, 5) is 38.7. The van der Waals surface area contributed by atoms with Crippen LogP contribution in [-0.4, -0.2) is 34.3 Å². The number of H-pyrrole nitrogens is 1. The molecule has 0 aliphatic carbocycles. The Bertz CT molecular complexity index is 523. The van der Waals surface area contributed by atoms with Crippen LogP contribution in [0.25, 0.3) is 0 Å². The van der Waals surface area contributed by atoms with Gasteiger partial charge in [0.25, 0.3) is 5.56 Å². The molecule has 1 aromatic heterocycles. The van der Waals surface area contributed by atoms with Crippen molar-refractivity contribution in [2.45, 2.75) is 25.3 Å². The third kappa shape index (κ3) is 2.42. The van der Waals surface area contributed by atoms with Crippen molar-refractivity contribution in [1.29, 1.82) is 0 Å². The minimum atomic E-state index is -0.528. The Balaban J connectivity index is 2.11. The molecule has 6 nitrogen and oxygen atoms in total. The number of pyridine rings is 1. The molecule has 1 saturated heterocycles. The molecule has 1 fully saturated rings. The lowest BCUT2D eigenvalue weighted by Gasteiger charge is -2.21. The summed E-state index contributed by atoms with van der Waals surface area (Å²) in [7, 11) is 0. The highest BCUT2D eigenvalue weighted by Gasteiger charge is 2.32. The van der Waals surface area contributed by atoms with Crippen LogP contribution >= 0.6 is 0 Å². The highest BCUT2D eigenvalue weighted by Crippen LogP contribution is 2.17. The van der Waals surface area contributed by atoms with Crippen LogP contribution in [0.3, 0.4) is 0 Å². The first-order valence-corrected chi connectivity index (χ1v) is 5.85. The van der Waals surface area contributed by atoms with Crippen LogP contribution in [0.2, 0.25) is 0 Å². The van der Waals surface area contributed by atoms with Crippen molar-refractivity contribution < 1.29 is 9.59 Å². The van der Waals surface area contributed by atoms with E-state index in [1.165, 1.54) is 11.1 Å². The number of carbonyl (C=O) groups excluding carboxylic acids is 2. The van der Waals surface area contributed by atoms with Gasteiger partial charge >= 0.3 is 0 Å². The standard InChI is InChI=1S/C12H15N3O3/c13-11(17)9-4-2-6-15(9)10(16)7-8-3-1-5-14-12(8)18/h1,3,5,9H,2,4,6-7H2,(H2,13,17)(H,14,18). The topological polar surface area (TPSA) is 96.3 Å². The van der Waals surface area contributed by atoms with E-state index in [4.69, 9.17) is 5.73 Å². The highest BCUT2D eigenvalue weighted by molar-refractivity contribution is 5.88. The van der Waals surface area contributed by atoms with E-state index in [0.29, 0.717) is 18.5 Å². The largest absolute Gasteiger partial charge is 0.368 e. The van der Waals surface area contributed by atoms with Crippen molar-refractivity contribution in [1.82, 2.24) is 9.88 Å². The second-order valence-electron chi connectivity index (χ2n) is 4.35. The molecule has 3 N–H and O–H groups in total. The van der Waals surface area contributed by atoms with E-state index in [1.54, 1.807) is 12.1 Å². The lowest BCUT2D eigenvalue weighted by Crippen LogP contribution is -2.44. The zero-order valence-corrected chi connectivity index (χ0v) is 9.89. The summed E-state index contributed by atoms with van der Waals surface area (Å²) in [5, 5.41) is 0. The predicted molar refractivity (Wildman–Crippen MR) is 64.7 cm³/mol. The average molecular weight is 249 g/mol. The second kappa shape index (κ2) is 5.03. The Labute approximate surface area is 104 Å². The molecule has 6 heteroatoms. The number of nitrogens with one attached hydrogen (secondary N) is 1. The van der Waals surface area contributed by atoms with Crippen LogP contribution < -0.4 is 11.3 Å². The van der Waals surface area contributed by atoms with Gasteiger partial charge in [0.15, 0.2) is 0 Å². The van der Waals surface area contributed by atoms with Crippen LogP contribution in [-0.2, 0) is 16.0 Å². The maximum Gasteiger partial charge on any atom is 0.251 e. The van der Waals surface area contributed by atoms with Crippen molar-refractivity contribution >= 4 is 11.8 Å². The van der Waals surface area contributed by atoms with Gasteiger partial charge in [0, 0.05) is 18.3 Å². The first-order chi connectivity index (χ1) is 8.59. The molecule has 1 aromatic rings. The molecule has 1 aliphatic rings. The van der Waals surface area contributed by atoms with Gasteiger partial charge in [-0.3, -0.25) is 14.4 Å². The summed E-state index contributed by atoms with van der Waals surface area (Å²) in [6.07, 6.45) is 2.88. The molecule has 0 bridgehead atoms. The third-order valence-electron chi connectivity index (χ3n) is 3.14. The number of aromatic nitrogens is 1. The summed E-state index contributed by atoms with van der Waals surface area (Å²) in [6.45, 7) is 0.525. The molecular formula is C12H15N3O3. The number of primary amides is 1. The number of likely N-dealkylation sites (tertiary alicyclic amines) is 1. The van der Waals surface area contributed by atoms with E-state index in [9.17, 15) is 14.4 Å². The van der Waals surface area contributed by atoms with E-state index in [1.807, 2.05) is 0 Å². The van der Waals surface area contributed by atoms with Crippen LogP contribution in [0, 0.1) is 0 Å². The summed E-state index contributed by atoms with van der Waals surface area (Å²) in [5.74, 6) is -0.712. The molecule has 2 rings (SSSR count). The van der Waals surface area contributed by atoms with Crippen molar-refractivity contribution in [2.75, 3.05) is 6.54 Å². The highest BCUT2D eigenvalue weighted by atomic mass is 16.2. The fourth-order valence-electron chi connectivity index (χ4n) is 2.22. The normalized spacial score (nSPS) is 18.9. The molecule has 18 heavy (non-hydrogen) atoms. The molecule has 1 aliphatic heterocycles. The molecule has 1 atom stereocenters. The number of hydrogen-bond acceptors (Lipinski definition) is 3. The van der Waals surface area contributed by atoms with Gasteiger partial charge in [-0.2, -0.15) is 0 Å². The fourth-order valence-corrected chi connectivity index (χ4v) is 2.22. The van der Waals surface area contributed by atoms with Gasteiger partial charge in [-0.25, -0.2) is 0 Å². The van der Waals surface area contributed by atoms with Crippen molar-refractivity contribution in [3.63, 3.8) is 0 Å². The number of nitrogens with two attached hydrogens (primary N) is 1.